The molecule has 5 heteroatoms. The highest BCUT2D eigenvalue weighted by molar-refractivity contribution is 6.24. The van der Waals surface area contributed by atoms with Crippen LogP contribution in [0.25, 0.3) is 104 Å². The lowest BCUT2D eigenvalue weighted by molar-refractivity contribution is 0.330. The van der Waals surface area contributed by atoms with Gasteiger partial charge in [-0.1, -0.05) is 167 Å². The Morgan fingerprint density at radius 2 is 0.891 bits per heavy atom. The molecule has 5 N–H and O–H groups in total. The third-order valence-corrected chi connectivity index (χ3v) is 13.5. The molecule has 1 aliphatic rings. The molecule has 312 valence electrons. The highest BCUT2D eigenvalue weighted by atomic mass is 16.4. The maximum Gasteiger partial charge on any atom is 0.208 e. The molecule has 1 unspecified atom stereocenters. The fourth-order valence-corrected chi connectivity index (χ4v) is 10.3. The fraction of sp³-hybridized carbons (Fsp3) is 0.119. The van der Waals surface area contributed by atoms with Crippen LogP contribution in [-0.4, -0.2) is 25.5 Å². The van der Waals surface area contributed by atoms with Crippen molar-refractivity contribution < 1.29 is 25.5 Å². The van der Waals surface area contributed by atoms with Gasteiger partial charge in [0.15, 0.2) is 11.5 Å². The molecule has 0 spiro atoms. The summed E-state index contributed by atoms with van der Waals surface area (Å²) in [5.41, 5.74) is 11.1. The van der Waals surface area contributed by atoms with Crippen LogP contribution >= 0.6 is 0 Å². The van der Waals surface area contributed by atoms with Gasteiger partial charge in [0.05, 0.1) is 5.56 Å². The molecule has 64 heavy (non-hydrogen) atoms. The summed E-state index contributed by atoms with van der Waals surface area (Å²) in [5.74, 6) is -3.81. The first-order valence-electron chi connectivity index (χ1n) is 21.9. The molecule has 0 bridgehead atoms. The minimum Gasteiger partial charge on any atom is -0.504 e. The lowest BCUT2D eigenvalue weighted by Gasteiger charge is -2.25. The van der Waals surface area contributed by atoms with Crippen molar-refractivity contribution in [2.24, 2.45) is 5.92 Å². The number of benzene rings is 10. The minimum atomic E-state index is -0.991. The largest absolute Gasteiger partial charge is 0.504 e. The molecule has 0 aromatic heterocycles. The van der Waals surface area contributed by atoms with E-state index in [1.54, 1.807) is 0 Å². The lowest BCUT2D eigenvalue weighted by Crippen LogP contribution is -2.11. The Kier molecular flexibility index (Phi) is 8.80. The van der Waals surface area contributed by atoms with E-state index in [-0.39, 0.29) is 11.0 Å². The Balaban J connectivity index is 1.12. The van der Waals surface area contributed by atoms with E-state index in [0.29, 0.717) is 22.3 Å². The Morgan fingerprint density at radius 3 is 1.41 bits per heavy atom. The zero-order chi connectivity index (χ0) is 44.2. The zero-order valence-corrected chi connectivity index (χ0v) is 36.0. The van der Waals surface area contributed by atoms with Crippen LogP contribution in [0.5, 0.6) is 28.7 Å². The van der Waals surface area contributed by atoms with Crippen molar-refractivity contribution in [2.45, 2.75) is 39.5 Å². The van der Waals surface area contributed by atoms with Crippen LogP contribution < -0.4 is 0 Å². The number of fused-ring (bicyclic) bond motifs is 6. The third kappa shape index (κ3) is 5.91. The maximum atomic E-state index is 11.2. The molecule has 1 atom stereocenters. The summed E-state index contributed by atoms with van der Waals surface area (Å²) in [7, 11) is 0. The van der Waals surface area contributed by atoms with Crippen molar-refractivity contribution in [2.75, 3.05) is 0 Å². The van der Waals surface area contributed by atoms with Crippen LogP contribution in [0.4, 0.5) is 0 Å². The molecule has 0 radical (unpaired) electrons. The number of phenolic OH excluding ortho intramolecular Hbond substituents is 5. The SMILES string of the molecule is CC1C=Cc2cccc(-c3c4ccccc4c(-c4ccc5cc(-c6c7ccccc7c(-c7c(O)c(O)c(O)c(O)c7O)c7ccccc67)ccc5c4)c4ccc(C(C)(C)C)cc34)c2C1. The fourth-order valence-electron chi connectivity index (χ4n) is 10.3. The molecule has 0 saturated carbocycles. The molecule has 0 saturated heterocycles. The van der Waals surface area contributed by atoms with Crippen molar-refractivity contribution in [1.82, 2.24) is 0 Å². The second kappa shape index (κ2) is 14.4. The lowest BCUT2D eigenvalue weighted by atomic mass is 9.79. The molecule has 5 nitrogen and oxygen atoms in total. The highest BCUT2D eigenvalue weighted by Gasteiger charge is 2.29. The second-order valence-corrected chi connectivity index (χ2v) is 18.5. The average Bonchev–Trinajstić information content (AvgIpc) is 3.31. The number of hydrogen-bond donors (Lipinski definition) is 5. The Hall–Kier alpha value is -7.76. The third-order valence-electron chi connectivity index (χ3n) is 13.5. The van der Waals surface area contributed by atoms with Crippen LogP contribution in [0.1, 0.15) is 44.4 Å². The number of hydrogen-bond acceptors (Lipinski definition) is 5. The summed E-state index contributed by atoms with van der Waals surface area (Å²) in [6.07, 6.45) is 5.62. The van der Waals surface area contributed by atoms with Crippen LogP contribution in [0.3, 0.4) is 0 Å². The molecular formula is C59H46O5. The Labute approximate surface area is 371 Å². The van der Waals surface area contributed by atoms with Crippen molar-refractivity contribution >= 4 is 59.9 Å². The van der Waals surface area contributed by atoms with Crippen LogP contribution in [0.2, 0.25) is 0 Å². The van der Waals surface area contributed by atoms with Crippen molar-refractivity contribution in [3.05, 3.63) is 168 Å². The van der Waals surface area contributed by atoms with E-state index in [0.717, 1.165) is 44.7 Å². The summed E-state index contributed by atoms with van der Waals surface area (Å²) >= 11 is 0. The first-order chi connectivity index (χ1) is 30.9. The maximum absolute atomic E-state index is 11.2. The highest BCUT2D eigenvalue weighted by Crippen LogP contribution is 2.58. The van der Waals surface area contributed by atoms with Crippen LogP contribution in [0.15, 0.2) is 152 Å². The topological polar surface area (TPSA) is 101 Å². The molecule has 0 amide bonds. The predicted octanol–water partition coefficient (Wildman–Crippen LogP) is 15.2. The van der Waals surface area contributed by atoms with Crippen LogP contribution in [0, 0.1) is 5.92 Å². The predicted molar refractivity (Wildman–Crippen MR) is 265 cm³/mol. The Morgan fingerprint density at radius 1 is 0.422 bits per heavy atom. The first-order valence-corrected chi connectivity index (χ1v) is 21.9. The summed E-state index contributed by atoms with van der Waals surface area (Å²) in [5, 5.41) is 63.9. The van der Waals surface area contributed by atoms with Gasteiger partial charge in [0.2, 0.25) is 17.2 Å². The average molecular weight is 835 g/mol. The molecule has 11 rings (SSSR count). The summed E-state index contributed by atoms with van der Waals surface area (Å²) in [6.45, 7) is 9.15. The standard InChI is InChI=1S/C59H46O5/c1-32-20-21-33-12-11-19-45(47(33)28-32)51-42-16-8-5-13-39(42)50(46-27-26-38(31-48(46)51)59(2,3)4)37-25-23-34-29-36(24-22-35(34)30-37)49-40-14-6-9-17-43(40)52(44-18-10-7-15-41(44)49)53-54(60)56(62)58(64)57(63)55(53)61/h5-27,29-32,60-64H,28H2,1-4H3. The van der Waals surface area contributed by atoms with Gasteiger partial charge >= 0.3 is 0 Å². The van der Waals surface area contributed by atoms with Gasteiger partial charge in [0, 0.05) is 5.56 Å². The van der Waals surface area contributed by atoms with Gasteiger partial charge in [-0.2, -0.15) is 0 Å². The number of rotatable bonds is 4. The Bertz CT molecular complexity index is 3560. The number of phenols is 5. The van der Waals surface area contributed by atoms with Gasteiger partial charge in [-0.3, -0.25) is 0 Å². The van der Waals surface area contributed by atoms with E-state index in [1.165, 1.54) is 54.9 Å². The molecule has 10 aromatic rings. The summed E-state index contributed by atoms with van der Waals surface area (Å²) < 4.78 is 0. The smallest absolute Gasteiger partial charge is 0.208 e. The molecular weight excluding hydrogens is 789 g/mol. The summed E-state index contributed by atoms with van der Waals surface area (Å²) in [4.78, 5) is 0. The van der Waals surface area contributed by atoms with Gasteiger partial charge in [-0.25, -0.2) is 0 Å². The molecule has 10 aromatic carbocycles. The van der Waals surface area contributed by atoms with Crippen molar-refractivity contribution in [3.8, 4) is 73.3 Å². The van der Waals surface area contributed by atoms with Gasteiger partial charge in [0.1, 0.15) is 0 Å². The van der Waals surface area contributed by atoms with Crippen molar-refractivity contribution in [1.29, 1.82) is 0 Å². The van der Waals surface area contributed by atoms with E-state index >= 15 is 0 Å². The normalized spacial score (nSPS) is 14.0. The zero-order valence-electron chi connectivity index (χ0n) is 36.0. The van der Waals surface area contributed by atoms with E-state index in [4.69, 9.17) is 0 Å². The summed E-state index contributed by atoms with van der Waals surface area (Å²) in [6, 6.07) is 51.4. The van der Waals surface area contributed by atoms with Crippen LogP contribution in [-0.2, 0) is 11.8 Å². The van der Waals surface area contributed by atoms with Gasteiger partial charge < -0.3 is 25.5 Å². The first kappa shape index (κ1) is 39.1. The minimum absolute atomic E-state index is 0.0384. The van der Waals surface area contributed by atoms with E-state index in [1.807, 2.05) is 48.5 Å². The monoisotopic (exact) mass is 834 g/mol. The molecule has 0 aliphatic heterocycles. The number of aromatic hydroxyl groups is 5. The molecule has 0 fully saturated rings. The molecule has 0 heterocycles. The number of allylic oxidation sites excluding steroid dienone is 1. The van der Waals surface area contributed by atoms with E-state index in [2.05, 4.69) is 137 Å². The quantitative estimate of drug-likeness (QED) is 0.0691. The van der Waals surface area contributed by atoms with E-state index in [9.17, 15) is 25.5 Å². The second-order valence-electron chi connectivity index (χ2n) is 18.5. The van der Waals surface area contributed by atoms with Crippen molar-refractivity contribution in [3.63, 3.8) is 0 Å². The van der Waals surface area contributed by atoms with Gasteiger partial charge in [0.25, 0.3) is 0 Å². The van der Waals surface area contributed by atoms with Gasteiger partial charge in [-0.05, 0) is 140 Å². The molecule has 1 aliphatic carbocycles. The van der Waals surface area contributed by atoms with Gasteiger partial charge in [-0.15, -0.1) is 0 Å². The van der Waals surface area contributed by atoms with E-state index < -0.39 is 28.7 Å².